The first-order valence-electron chi connectivity index (χ1n) is 5.55. The van der Waals surface area contributed by atoms with E-state index in [1.54, 1.807) is 24.3 Å². The molecule has 2 aromatic rings. The van der Waals surface area contributed by atoms with Gasteiger partial charge in [-0.2, -0.15) is 0 Å². The lowest BCUT2D eigenvalue weighted by atomic mass is 10.1. The van der Waals surface area contributed by atoms with Gasteiger partial charge in [-0.3, -0.25) is 4.79 Å². The Balaban J connectivity index is 2.26. The number of rotatable bonds is 3. The summed E-state index contributed by atoms with van der Waals surface area (Å²) in [7, 11) is 1.27. The molecule has 0 saturated heterocycles. The van der Waals surface area contributed by atoms with Crippen LogP contribution in [0.1, 0.15) is 20.8 Å². The number of hydrogen-bond acceptors (Lipinski definition) is 3. The topological polar surface area (TPSA) is 71.2 Å². The Hall–Kier alpha value is -1.98. The number of anilines is 1. The van der Waals surface area contributed by atoms with Gasteiger partial charge in [-0.15, -0.1) is 0 Å². The number of para-hydroxylation sites is 1. The van der Waals surface area contributed by atoms with Crippen molar-refractivity contribution in [3.63, 3.8) is 0 Å². The minimum Gasteiger partial charge on any atom is -0.465 e. The van der Waals surface area contributed by atoms with E-state index < -0.39 is 11.9 Å². The molecule has 0 atom stereocenters. The maximum absolute atomic E-state index is 12.0. The first-order valence-corrected chi connectivity index (χ1v) is 6.31. The molecule has 1 amide bonds. The third-order valence-electron chi connectivity index (χ3n) is 2.55. The number of carbonyl (C=O) groups excluding carboxylic acids is 2. The molecular formula is C13H10Cl2N2O3. The standard InChI is InChI=1S/C13H10Cl2N2O3/c1-20-13(19)7-4-2-3-5-9(7)17-12(18)10-6-8(14)11(15)16-10/h2-6,16H,1H3,(H,17,18). The third-order valence-corrected chi connectivity index (χ3v) is 3.24. The van der Waals surface area contributed by atoms with Crippen molar-refractivity contribution < 1.29 is 14.3 Å². The summed E-state index contributed by atoms with van der Waals surface area (Å²) in [6.07, 6.45) is 0. The number of aromatic amines is 1. The molecule has 0 aliphatic rings. The molecule has 0 saturated carbocycles. The summed E-state index contributed by atoms with van der Waals surface area (Å²) in [5.74, 6) is -1.00. The van der Waals surface area contributed by atoms with E-state index in [1.165, 1.54) is 13.2 Å². The highest BCUT2D eigenvalue weighted by Crippen LogP contribution is 2.23. The quantitative estimate of drug-likeness (QED) is 0.854. The van der Waals surface area contributed by atoms with Crippen LogP contribution in [0.25, 0.3) is 0 Å². The van der Waals surface area contributed by atoms with Crippen molar-refractivity contribution in [3.05, 3.63) is 51.8 Å². The van der Waals surface area contributed by atoms with Gasteiger partial charge in [-0.1, -0.05) is 35.3 Å². The Labute approximate surface area is 124 Å². The van der Waals surface area contributed by atoms with Gasteiger partial charge >= 0.3 is 5.97 Å². The third kappa shape index (κ3) is 2.95. The highest BCUT2D eigenvalue weighted by molar-refractivity contribution is 6.41. The van der Waals surface area contributed by atoms with Gasteiger partial charge < -0.3 is 15.0 Å². The zero-order valence-corrected chi connectivity index (χ0v) is 11.9. The molecule has 0 aliphatic heterocycles. The summed E-state index contributed by atoms with van der Waals surface area (Å²) >= 11 is 11.5. The number of benzene rings is 1. The van der Waals surface area contributed by atoms with Crippen LogP contribution in [-0.4, -0.2) is 24.0 Å². The number of halogens is 2. The van der Waals surface area contributed by atoms with Crippen LogP contribution in [-0.2, 0) is 4.74 Å². The van der Waals surface area contributed by atoms with Gasteiger partial charge in [-0.05, 0) is 18.2 Å². The summed E-state index contributed by atoms with van der Waals surface area (Å²) in [5, 5.41) is 3.02. The van der Waals surface area contributed by atoms with Crippen molar-refractivity contribution in [2.75, 3.05) is 12.4 Å². The zero-order chi connectivity index (χ0) is 14.7. The van der Waals surface area contributed by atoms with E-state index in [0.717, 1.165) is 0 Å². The Morgan fingerprint density at radius 2 is 1.95 bits per heavy atom. The Kier molecular flexibility index (Phi) is 4.32. The average molecular weight is 313 g/mol. The number of carbonyl (C=O) groups is 2. The van der Waals surface area contributed by atoms with Crippen LogP contribution in [0.2, 0.25) is 10.2 Å². The number of H-pyrrole nitrogens is 1. The van der Waals surface area contributed by atoms with Crippen molar-refractivity contribution in [1.82, 2.24) is 4.98 Å². The van der Waals surface area contributed by atoms with Gasteiger partial charge in [0.05, 0.1) is 23.4 Å². The monoisotopic (exact) mass is 312 g/mol. The fourth-order valence-corrected chi connectivity index (χ4v) is 1.91. The van der Waals surface area contributed by atoms with E-state index in [9.17, 15) is 9.59 Å². The Morgan fingerprint density at radius 1 is 1.25 bits per heavy atom. The molecule has 5 nitrogen and oxygen atoms in total. The van der Waals surface area contributed by atoms with Gasteiger partial charge in [0, 0.05) is 0 Å². The van der Waals surface area contributed by atoms with Gasteiger partial charge in [0.15, 0.2) is 0 Å². The molecule has 104 valence electrons. The first-order chi connectivity index (χ1) is 9.52. The predicted molar refractivity (Wildman–Crippen MR) is 76.5 cm³/mol. The SMILES string of the molecule is COC(=O)c1ccccc1NC(=O)c1cc(Cl)c(Cl)[nH]1. The van der Waals surface area contributed by atoms with Crippen LogP contribution in [0.3, 0.4) is 0 Å². The molecule has 0 fully saturated rings. The molecule has 1 heterocycles. The molecule has 2 N–H and O–H groups in total. The number of nitrogens with one attached hydrogen (secondary N) is 2. The normalized spacial score (nSPS) is 10.2. The van der Waals surface area contributed by atoms with Crippen LogP contribution in [0, 0.1) is 0 Å². The number of methoxy groups -OCH3 is 1. The molecule has 0 bridgehead atoms. The first kappa shape index (κ1) is 14.4. The molecule has 1 aromatic carbocycles. The van der Waals surface area contributed by atoms with Gasteiger partial charge in [0.25, 0.3) is 5.91 Å². The number of esters is 1. The molecular weight excluding hydrogens is 303 g/mol. The molecule has 0 spiro atoms. The van der Waals surface area contributed by atoms with Crippen LogP contribution < -0.4 is 5.32 Å². The Bertz CT molecular complexity index is 648. The summed E-state index contributed by atoms with van der Waals surface area (Å²) in [4.78, 5) is 26.3. The van der Waals surface area contributed by atoms with E-state index in [0.29, 0.717) is 5.69 Å². The van der Waals surface area contributed by atoms with Crippen LogP contribution >= 0.6 is 23.2 Å². The highest BCUT2D eigenvalue weighted by atomic mass is 35.5. The summed E-state index contributed by atoms with van der Waals surface area (Å²) in [5.41, 5.74) is 0.790. The molecule has 2 rings (SSSR count). The highest BCUT2D eigenvalue weighted by Gasteiger charge is 2.16. The largest absolute Gasteiger partial charge is 0.465 e. The summed E-state index contributed by atoms with van der Waals surface area (Å²) < 4.78 is 4.65. The van der Waals surface area contributed by atoms with E-state index in [2.05, 4.69) is 15.0 Å². The second kappa shape index (κ2) is 5.98. The Morgan fingerprint density at radius 3 is 2.55 bits per heavy atom. The van der Waals surface area contributed by atoms with Gasteiger partial charge in [-0.25, -0.2) is 4.79 Å². The van der Waals surface area contributed by atoms with Crippen LogP contribution in [0.4, 0.5) is 5.69 Å². The smallest absolute Gasteiger partial charge is 0.339 e. The lowest BCUT2D eigenvalue weighted by Crippen LogP contribution is -2.15. The molecule has 7 heteroatoms. The van der Waals surface area contributed by atoms with Gasteiger partial charge in [0.1, 0.15) is 10.8 Å². The van der Waals surface area contributed by atoms with E-state index in [-0.39, 0.29) is 21.4 Å². The van der Waals surface area contributed by atoms with Crippen molar-refractivity contribution in [2.45, 2.75) is 0 Å². The number of ether oxygens (including phenoxy) is 1. The molecule has 0 radical (unpaired) electrons. The average Bonchev–Trinajstić information content (AvgIpc) is 2.78. The van der Waals surface area contributed by atoms with E-state index in [4.69, 9.17) is 23.2 Å². The lowest BCUT2D eigenvalue weighted by Gasteiger charge is -2.08. The number of aromatic nitrogens is 1. The molecule has 1 aromatic heterocycles. The molecule has 0 aliphatic carbocycles. The van der Waals surface area contributed by atoms with E-state index >= 15 is 0 Å². The fraction of sp³-hybridized carbons (Fsp3) is 0.0769. The van der Waals surface area contributed by atoms with Crippen molar-refractivity contribution >= 4 is 40.8 Å². The van der Waals surface area contributed by atoms with Gasteiger partial charge in [0.2, 0.25) is 0 Å². The zero-order valence-electron chi connectivity index (χ0n) is 10.4. The van der Waals surface area contributed by atoms with Crippen LogP contribution in [0.5, 0.6) is 0 Å². The second-order valence-corrected chi connectivity index (χ2v) is 4.62. The molecule has 20 heavy (non-hydrogen) atoms. The lowest BCUT2D eigenvalue weighted by molar-refractivity contribution is 0.0602. The van der Waals surface area contributed by atoms with E-state index in [1.807, 2.05) is 0 Å². The molecule has 0 unspecified atom stereocenters. The van der Waals surface area contributed by atoms with Crippen molar-refractivity contribution in [1.29, 1.82) is 0 Å². The number of amides is 1. The number of hydrogen-bond donors (Lipinski definition) is 2. The minimum absolute atomic E-state index is 0.179. The van der Waals surface area contributed by atoms with Crippen molar-refractivity contribution in [3.8, 4) is 0 Å². The van der Waals surface area contributed by atoms with Crippen molar-refractivity contribution in [2.24, 2.45) is 0 Å². The summed E-state index contributed by atoms with van der Waals surface area (Å²) in [6.45, 7) is 0. The van der Waals surface area contributed by atoms with Crippen LogP contribution in [0.15, 0.2) is 30.3 Å². The summed E-state index contributed by atoms with van der Waals surface area (Å²) in [6, 6.07) is 7.91. The predicted octanol–water partition coefficient (Wildman–Crippen LogP) is 3.36. The fourth-order valence-electron chi connectivity index (χ4n) is 1.60. The minimum atomic E-state index is -0.538. The maximum atomic E-state index is 12.0. The second-order valence-electron chi connectivity index (χ2n) is 3.84. The maximum Gasteiger partial charge on any atom is 0.339 e.